The Hall–Kier alpha value is -2.18. The molecule has 0 saturated heterocycles. The van der Waals surface area contributed by atoms with Crippen molar-refractivity contribution in [1.29, 1.82) is 0 Å². The Morgan fingerprint density at radius 2 is 1.73 bits per heavy atom. The Morgan fingerprint density at radius 1 is 1.03 bits per heavy atom. The second kappa shape index (κ2) is 8.16. The van der Waals surface area contributed by atoms with Gasteiger partial charge in [0.15, 0.2) is 11.4 Å². The molecule has 1 N–H and O–H groups in total. The summed E-state index contributed by atoms with van der Waals surface area (Å²) in [6, 6.07) is 18.8. The first-order chi connectivity index (χ1) is 14.3. The van der Waals surface area contributed by atoms with Crippen LogP contribution >= 0.6 is 39.1 Å². The highest BCUT2D eigenvalue weighted by atomic mass is 79.9. The number of carbonyl (C=O) groups is 2. The van der Waals surface area contributed by atoms with Crippen LogP contribution < -0.4 is 4.90 Å². The molecule has 0 saturated carbocycles. The van der Waals surface area contributed by atoms with Crippen LogP contribution in [0.4, 0.5) is 5.69 Å². The molecule has 1 heterocycles. The highest BCUT2D eigenvalue weighted by Gasteiger charge is 2.51. The lowest BCUT2D eigenvalue weighted by Gasteiger charge is -2.23. The van der Waals surface area contributed by atoms with Gasteiger partial charge in [-0.15, -0.1) is 0 Å². The number of halogens is 3. The molecule has 152 valence electrons. The van der Waals surface area contributed by atoms with Crippen molar-refractivity contribution < 1.29 is 14.7 Å². The molecular formula is C23H16BrCl2NO3. The van der Waals surface area contributed by atoms with E-state index in [1.807, 2.05) is 12.1 Å². The van der Waals surface area contributed by atoms with Crippen LogP contribution in [0, 0.1) is 0 Å². The number of carbonyl (C=O) groups excluding carboxylic acids is 2. The van der Waals surface area contributed by atoms with Crippen molar-refractivity contribution in [1.82, 2.24) is 0 Å². The molecule has 1 aliphatic rings. The first-order valence-electron chi connectivity index (χ1n) is 9.16. The SMILES string of the molecule is O=C(C[C@@]1(O)C(=O)N(Cc2ccccc2Cl)c2ccc(Cl)cc21)c1ccc(Br)cc1. The minimum Gasteiger partial charge on any atom is -0.375 e. The molecule has 0 aromatic heterocycles. The zero-order valence-electron chi connectivity index (χ0n) is 15.6. The number of anilines is 1. The van der Waals surface area contributed by atoms with Crippen LogP contribution in [0.25, 0.3) is 0 Å². The molecule has 1 amide bonds. The average molecular weight is 505 g/mol. The molecule has 7 heteroatoms. The van der Waals surface area contributed by atoms with Crippen LogP contribution in [0.15, 0.2) is 71.2 Å². The van der Waals surface area contributed by atoms with Crippen LogP contribution in [0.2, 0.25) is 10.0 Å². The van der Waals surface area contributed by atoms with Gasteiger partial charge in [-0.05, 0) is 42.0 Å². The van der Waals surface area contributed by atoms with E-state index in [4.69, 9.17) is 23.2 Å². The van der Waals surface area contributed by atoms with E-state index in [0.29, 0.717) is 26.9 Å². The van der Waals surface area contributed by atoms with Crippen molar-refractivity contribution in [2.45, 2.75) is 18.6 Å². The summed E-state index contributed by atoms with van der Waals surface area (Å²) in [5.74, 6) is -0.922. The Kier molecular flexibility index (Phi) is 5.73. The van der Waals surface area contributed by atoms with Crippen LogP contribution in [0.5, 0.6) is 0 Å². The van der Waals surface area contributed by atoms with Gasteiger partial charge in [0.2, 0.25) is 0 Å². The Balaban J connectivity index is 1.72. The van der Waals surface area contributed by atoms with Gasteiger partial charge in [-0.1, -0.05) is 69.5 Å². The molecule has 30 heavy (non-hydrogen) atoms. The third-order valence-electron chi connectivity index (χ3n) is 5.16. The molecule has 0 fully saturated rings. The van der Waals surface area contributed by atoms with E-state index < -0.39 is 11.5 Å². The molecule has 1 atom stereocenters. The highest BCUT2D eigenvalue weighted by molar-refractivity contribution is 9.10. The average Bonchev–Trinajstić information content (AvgIpc) is 2.91. The molecule has 0 bridgehead atoms. The lowest BCUT2D eigenvalue weighted by Crippen LogP contribution is -2.41. The summed E-state index contributed by atoms with van der Waals surface area (Å²) in [4.78, 5) is 27.7. The zero-order chi connectivity index (χ0) is 21.5. The summed E-state index contributed by atoms with van der Waals surface area (Å²) in [5.41, 5.74) is -0.0385. The number of fused-ring (bicyclic) bond motifs is 1. The standard InChI is InChI=1S/C23H16BrCl2NO3/c24-16-7-5-14(6-8-16)21(28)12-23(30)18-11-17(25)9-10-20(18)27(22(23)29)13-15-3-1-2-4-19(15)26/h1-11,30H,12-13H2/t23-/m0/s1. The second-order valence-corrected chi connectivity index (χ2v) is 8.87. The van der Waals surface area contributed by atoms with Crippen molar-refractivity contribution in [3.63, 3.8) is 0 Å². The van der Waals surface area contributed by atoms with Crippen molar-refractivity contribution in [3.05, 3.63) is 97.9 Å². The Morgan fingerprint density at radius 3 is 2.43 bits per heavy atom. The van der Waals surface area contributed by atoms with Gasteiger partial charge in [0, 0.05) is 25.6 Å². The number of rotatable bonds is 5. The molecule has 0 spiro atoms. The van der Waals surface area contributed by atoms with E-state index in [1.165, 1.54) is 11.0 Å². The fraction of sp³-hybridized carbons (Fsp3) is 0.130. The van der Waals surface area contributed by atoms with Crippen molar-refractivity contribution in [3.8, 4) is 0 Å². The first-order valence-corrected chi connectivity index (χ1v) is 10.7. The molecule has 4 rings (SSSR count). The first kappa shape index (κ1) is 21.1. The van der Waals surface area contributed by atoms with Crippen molar-refractivity contribution in [2.24, 2.45) is 0 Å². The molecule has 3 aromatic rings. The van der Waals surface area contributed by atoms with Gasteiger partial charge in [0.1, 0.15) is 0 Å². The smallest absolute Gasteiger partial charge is 0.264 e. The van der Waals surface area contributed by atoms with Crippen LogP contribution in [-0.4, -0.2) is 16.8 Å². The topological polar surface area (TPSA) is 57.6 Å². The number of nitrogens with zero attached hydrogens (tertiary/aromatic N) is 1. The van der Waals surface area contributed by atoms with Gasteiger partial charge in [0.05, 0.1) is 18.7 Å². The van der Waals surface area contributed by atoms with Crippen molar-refractivity contribution >= 4 is 56.5 Å². The fourth-order valence-corrected chi connectivity index (χ4v) is 4.25. The summed E-state index contributed by atoms with van der Waals surface area (Å²) >= 11 is 15.8. The van der Waals surface area contributed by atoms with Crippen LogP contribution in [0.1, 0.15) is 27.9 Å². The van der Waals surface area contributed by atoms with E-state index in [0.717, 1.165) is 10.0 Å². The minimum atomic E-state index is -2.01. The number of hydrogen-bond acceptors (Lipinski definition) is 3. The van der Waals surface area contributed by atoms with E-state index in [1.54, 1.807) is 48.5 Å². The van der Waals surface area contributed by atoms with Gasteiger partial charge in [-0.2, -0.15) is 0 Å². The molecule has 0 radical (unpaired) electrons. The minimum absolute atomic E-state index is 0.169. The van der Waals surface area contributed by atoms with Crippen molar-refractivity contribution in [2.75, 3.05) is 4.90 Å². The predicted octanol–water partition coefficient (Wildman–Crippen LogP) is 5.76. The molecule has 0 aliphatic carbocycles. The van der Waals surface area contributed by atoms with Gasteiger partial charge in [-0.3, -0.25) is 9.59 Å². The lowest BCUT2D eigenvalue weighted by molar-refractivity contribution is -0.136. The van der Waals surface area contributed by atoms with Gasteiger partial charge in [-0.25, -0.2) is 0 Å². The van der Waals surface area contributed by atoms with E-state index in [2.05, 4.69) is 15.9 Å². The number of aliphatic hydroxyl groups is 1. The van der Waals surface area contributed by atoms with Gasteiger partial charge >= 0.3 is 0 Å². The maximum absolute atomic E-state index is 13.4. The van der Waals surface area contributed by atoms with Crippen LogP contribution in [0.3, 0.4) is 0 Å². The molecule has 3 aromatic carbocycles. The summed E-state index contributed by atoms with van der Waals surface area (Å²) in [7, 11) is 0. The third-order valence-corrected chi connectivity index (χ3v) is 6.30. The molecule has 0 unspecified atom stereocenters. The Bertz CT molecular complexity index is 1150. The predicted molar refractivity (Wildman–Crippen MR) is 121 cm³/mol. The zero-order valence-corrected chi connectivity index (χ0v) is 18.7. The summed E-state index contributed by atoms with van der Waals surface area (Å²) < 4.78 is 0.831. The van der Waals surface area contributed by atoms with E-state index in [9.17, 15) is 14.7 Å². The van der Waals surface area contributed by atoms with Crippen LogP contribution in [-0.2, 0) is 16.9 Å². The molecule has 4 nitrogen and oxygen atoms in total. The number of hydrogen-bond donors (Lipinski definition) is 1. The fourth-order valence-electron chi connectivity index (χ4n) is 3.62. The summed E-state index contributed by atoms with van der Waals surface area (Å²) in [6.45, 7) is 0.169. The largest absolute Gasteiger partial charge is 0.375 e. The highest BCUT2D eigenvalue weighted by Crippen LogP contribution is 2.45. The Labute approximate surface area is 192 Å². The maximum atomic E-state index is 13.4. The number of ketones is 1. The monoisotopic (exact) mass is 503 g/mol. The number of Topliss-reactive ketones (excluding diaryl/α,β-unsaturated/α-hetero) is 1. The maximum Gasteiger partial charge on any atom is 0.264 e. The number of benzene rings is 3. The summed E-state index contributed by atoms with van der Waals surface area (Å²) in [6.07, 6.45) is -0.389. The normalized spacial score (nSPS) is 17.9. The third kappa shape index (κ3) is 3.79. The van der Waals surface area contributed by atoms with E-state index in [-0.39, 0.29) is 18.7 Å². The summed E-state index contributed by atoms with van der Waals surface area (Å²) in [5, 5.41) is 12.3. The second-order valence-electron chi connectivity index (χ2n) is 7.11. The van der Waals surface area contributed by atoms with Gasteiger partial charge in [0.25, 0.3) is 5.91 Å². The molecule has 1 aliphatic heterocycles. The number of amides is 1. The van der Waals surface area contributed by atoms with Gasteiger partial charge < -0.3 is 10.0 Å². The molecular weight excluding hydrogens is 489 g/mol. The quantitative estimate of drug-likeness (QED) is 0.449. The lowest BCUT2D eigenvalue weighted by atomic mass is 9.88. The van der Waals surface area contributed by atoms with E-state index >= 15 is 0 Å².